The Bertz CT molecular complexity index is 851. The van der Waals surface area contributed by atoms with E-state index in [1.54, 1.807) is 36.4 Å². The first-order valence-corrected chi connectivity index (χ1v) is 7.37. The van der Waals surface area contributed by atoms with Crippen molar-refractivity contribution in [1.82, 2.24) is 10.2 Å². The second-order valence-electron chi connectivity index (χ2n) is 4.86. The molecule has 24 heavy (non-hydrogen) atoms. The van der Waals surface area contributed by atoms with E-state index < -0.39 is 6.03 Å². The number of para-hydroxylation sites is 1. The lowest BCUT2D eigenvalue weighted by atomic mass is 10.1. The summed E-state index contributed by atoms with van der Waals surface area (Å²) in [5.41, 5.74) is 1.27. The molecule has 8 heteroatoms. The molecule has 0 atom stereocenters. The normalized spacial score (nSPS) is 10.4. The second kappa shape index (κ2) is 7.10. The molecule has 3 rings (SSSR count). The maximum absolute atomic E-state index is 12.9. The van der Waals surface area contributed by atoms with Gasteiger partial charge in [-0.3, -0.25) is 5.32 Å². The molecule has 0 spiro atoms. The number of carbonyl (C=O) groups excluding carboxylic acids is 1. The molecule has 0 bridgehead atoms. The number of amides is 2. The number of benzene rings is 2. The highest BCUT2D eigenvalue weighted by atomic mass is 35.5. The second-order valence-corrected chi connectivity index (χ2v) is 5.27. The van der Waals surface area contributed by atoms with Crippen LogP contribution in [0.5, 0.6) is 0 Å². The number of nitrogens with zero attached hydrogens (tertiary/aromatic N) is 2. The molecule has 0 fully saturated rings. The third-order valence-electron chi connectivity index (χ3n) is 3.08. The molecule has 1 aromatic heterocycles. The van der Waals surface area contributed by atoms with E-state index in [0.717, 1.165) is 5.56 Å². The molecular weight excluding hydrogens is 335 g/mol. The van der Waals surface area contributed by atoms with Gasteiger partial charge in [-0.25, -0.2) is 9.18 Å². The van der Waals surface area contributed by atoms with Gasteiger partial charge < -0.3 is 9.73 Å². The maximum Gasteiger partial charge on any atom is 0.327 e. The van der Waals surface area contributed by atoms with E-state index in [0.29, 0.717) is 23.0 Å². The van der Waals surface area contributed by atoms with Crippen LogP contribution < -0.4 is 10.6 Å². The zero-order valence-corrected chi connectivity index (χ0v) is 13.0. The molecule has 0 radical (unpaired) electrons. The van der Waals surface area contributed by atoms with Crippen molar-refractivity contribution in [3.05, 3.63) is 70.8 Å². The number of rotatable bonds is 4. The number of halogens is 2. The van der Waals surface area contributed by atoms with Crippen LogP contribution in [0, 0.1) is 5.82 Å². The van der Waals surface area contributed by atoms with Gasteiger partial charge in [-0.1, -0.05) is 41.0 Å². The Morgan fingerprint density at radius 2 is 1.83 bits per heavy atom. The van der Waals surface area contributed by atoms with Gasteiger partial charge >= 0.3 is 12.0 Å². The lowest BCUT2D eigenvalue weighted by Crippen LogP contribution is -2.19. The van der Waals surface area contributed by atoms with Gasteiger partial charge in [0.2, 0.25) is 5.89 Å². The first kappa shape index (κ1) is 15.9. The van der Waals surface area contributed by atoms with E-state index in [2.05, 4.69) is 20.8 Å². The molecule has 6 nitrogen and oxygen atoms in total. The van der Waals surface area contributed by atoms with Crippen LogP contribution in [0.3, 0.4) is 0 Å². The van der Waals surface area contributed by atoms with E-state index >= 15 is 0 Å². The van der Waals surface area contributed by atoms with E-state index in [-0.39, 0.29) is 11.8 Å². The van der Waals surface area contributed by atoms with E-state index in [1.165, 1.54) is 12.1 Å². The van der Waals surface area contributed by atoms with Gasteiger partial charge in [0.1, 0.15) is 5.82 Å². The van der Waals surface area contributed by atoms with Crippen molar-refractivity contribution in [2.45, 2.75) is 6.42 Å². The Kier molecular flexibility index (Phi) is 4.72. The fraction of sp³-hybridized carbons (Fsp3) is 0.0625. The van der Waals surface area contributed by atoms with E-state index in [9.17, 15) is 9.18 Å². The fourth-order valence-corrected chi connectivity index (χ4v) is 2.15. The lowest BCUT2D eigenvalue weighted by Gasteiger charge is -2.05. The third kappa shape index (κ3) is 4.08. The van der Waals surface area contributed by atoms with Gasteiger partial charge in [0, 0.05) is 0 Å². The molecule has 1 heterocycles. The van der Waals surface area contributed by atoms with Gasteiger partial charge in [-0.05, 0) is 29.8 Å². The summed E-state index contributed by atoms with van der Waals surface area (Å²) < 4.78 is 18.2. The molecule has 2 amide bonds. The van der Waals surface area contributed by atoms with Crippen molar-refractivity contribution < 1.29 is 13.6 Å². The summed E-state index contributed by atoms with van der Waals surface area (Å²) in [6.45, 7) is 0. The van der Waals surface area contributed by atoms with Gasteiger partial charge in [-0.15, -0.1) is 5.10 Å². The summed E-state index contributed by atoms with van der Waals surface area (Å²) in [7, 11) is 0. The molecule has 0 aliphatic rings. The smallest absolute Gasteiger partial charge is 0.327 e. The van der Waals surface area contributed by atoms with Crippen LogP contribution in [0.25, 0.3) is 0 Å². The Hall–Kier alpha value is -2.93. The summed E-state index contributed by atoms with van der Waals surface area (Å²) in [5.74, 6) is -0.0162. The Labute approximate surface area is 141 Å². The number of hydrogen-bond donors (Lipinski definition) is 2. The minimum Gasteiger partial charge on any atom is -0.407 e. The Morgan fingerprint density at radius 1 is 1.08 bits per heavy atom. The first-order valence-electron chi connectivity index (χ1n) is 6.99. The molecule has 0 saturated carbocycles. The standard InChI is InChI=1S/C16H12ClFN4O2/c17-12-3-1-2-4-13(12)19-15(23)20-16-22-21-14(24-16)9-10-5-7-11(18)8-6-10/h1-8H,9H2,(H2,19,20,22,23). The van der Waals surface area contributed by atoms with Crippen LogP contribution in [-0.4, -0.2) is 16.2 Å². The van der Waals surface area contributed by atoms with Crippen LogP contribution >= 0.6 is 11.6 Å². The van der Waals surface area contributed by atoms with Crippen molar-refractivity contribution in [2.75, 3.05) is 10.6 Å². The Morgan fingerprint density at radius 3 is 2.58 bits per heavy atom. The summed E-state index contributed by atoms with van der Waals surface area (Å²) in [6.07, 6.45) is 0.334. The van der Waals surface area contributed by atoms with Gasteiger partial charge in [-0.2, -0.15) is 0 Å². The average molecular weight is 347 g/mol. The molecule has 0 saturated heterocycles. The summed E-state index contributed by atoms with van der Waals surface area (Å²) in [5, 5.41) is 13.0. The zero-order chi connectivity index (χ0) is 16.9. The predicted molar refractivity (Wildman–Crippen MR) is 87.6 cm³/mol. The number of anilines is 2. The van der Waals surface area contributed by atoms with Crippen molar-refractivity contribution in [2.24, 2.45) is 0 Å². The molecule has 0 aliphatic carbocycles. The predicted octanol–water partition coefficient (Wildman–Crippen LogP) is 4.10. The SMILES string of the molecule is O=C(Nc1nnc(Cc2ccc(F)cc2)o1)Nc1ccccc1Cl. The van der Waals surface area contributed by atoms with Gasteiger partial charge in [0.15, 0.2) is 0 Å². The number of nitrogens with one attached hydrogen (secondary N) is 2. The maximum atomic E-state index is 12.9. The lowest BCUT2D eigenvalue weighted by molar-refractivity contribution is 0.261. The topological polar surface area (TPSA) is 80.1 Å². The molecule has 2 aromatic carbocycles. The number of urea groups is 1. The minimum absolute atomic E-state index is 0.0448. The summed E-state index contributed by atoms with van der Waals surface area (Å²) in [6, 6.07) is 12.2. The highest BCUT2D eigenvalue weighted by molar-refractivity contribution is 6.33. The average Bonchev–Trinajstić information content (AvgIpc) is 2.99. The third-order valence-corrected chi connectivity index (χ3v) is 3.41. The molecule has 2 N–H and O–H groups in total. The monoisotopic (exact) mass is 346 g/mol. The van der Waals surface area contributed by atoms with Crippen LogP contribution in [0.4, 0.5) is 20.9 Å². The fourth-order valence-electron chi connectivity index (χ4n) is 1.97. The molecule has 122 valence electrons. The van der Waals surface area contributed by atoms with Crippen LogP contribution in [-0.2, 0) is 6.42 Å². The van der Waals surface area contributed by atoms with Crippen LogP contribution in [0.1, 0.15) is 11.5 Å². The van der Waals surface area contributed by atoms with Gasteiger partial charge in [0.25, 0.3) is 0 Å². The van der Waals surface area contributed by atoms with E-state index in [1.807, 2.05) is 0 Å². The van der Waals surface area contributed by atoms with Crippen molar-refractivity contribution >= 4 is 29.3 Å². The molecular formula is C16H12ClFN4O2. The summed E-state index contributed by atoms with van der Waals surface area (Å²) in [4.78, 5) is 11.9. The van der Waals surface area contributed by atoms with Crippen molar-refractivity contribution in [3.63, 3.8) is 0 Å². The van der Waals surface area contributed by atoms with Crippen LogP contribution in [0.2, 0.25) is 5.02 Å². The highest BCUT2D eigenvalue weighted by Crippen LogP contribution is 2.20. The number of hydrogen-bond acceptors (Lipinski definition) is 4. The summed E-state index contributed by atoms with van der Waals surface area (Å²) >= 11 is 5.96. The highest BCUT2D eigenvalue weighted by Gasteiger charge is 2.11. The quantitative estimate of drug-likeness (QED) is 0.745. The molecule has 0 unspecified atom stereocenters. The number of aromatic nitrogens is 2. The van der Waals surface area contributed by atoms with Crippen molar-refractivity contribution in [3.8, 4) is 0 Å². The van der Waals surface area contributed by atoms with Gasteiger partial charge in [0.05, 0.1) is 17.1 Å². The van der Waals surface area contributed by atoms with Crippen molar-refractivity contribution in [1.29, 1.82) is 0 Å². The van der Waals surface area contributed by atoms with E-state index in [4.69, 9.17) is 16.0 Å². The first-order chi connectivity index (χ1) is 11.6. The largest absolute Gasteiger partial charge is 0.407 e. The minimum atomic E-state index is -0.555. The Balaban J connectivity index is 1.60. The number of carbonyl (C=O) groups is 1. The molecule has 0 aliphatic heterocycles. The van der Waals surface area contributed by atoms with Crippen LogP contribution in [0.15, 0.2) is 52.9 Å². The molecule has 3 aromatic rings. The zero-order valence-electron chi connectivity index (χ0n) is 12.3.